The van der Waals surface area contributed by atoms with Gasteiger partial charge in [-0.1, -0.05) is 31.5 Å². The summed E-state index contributed by atoms with van der Waals surface area (Å²) in [5.41, 5.74) is 1.22. The zero-order valence-corrected chi connectivity index (χ0v) is 13.9. The highest BCUT2D eigenvalue weighted by molar-refractivity contribution is 6.32. The van der Waals surface area contributed by atoms with Crippen LogP contribution in [0.4, 0.5) is 0 Å². The molecule has 0 bridgehead atoms. The van der Waals surface area contributed by atoms with Gasteiger partial charge in [-0.25, -0.2) is 0 Å². The van der Waals surface area contributed by atoms with E-state index in [1.165, 1.54) is 18.5 Å². The molecule has 0 radical (unpaired) electrons. The van der Waals surface area contributed by atoms with Gasteiger partial charge in [-0.2, -0.15) is 0 Å². The van der Waals surface area contributed by atoms with Gasteiger partial charge in [0, 0.05) is 6.54 Å². The van der Waals surface area contributed by atoms with E-state index in [1.54, 1.807) is 7.11 Å². The number of nitrogens with zero attached hydrogens (tertiary/aromatic N) is 2. The van der Waals surface area contributed by atoms with Crippen LogP contribution < -0.4 is 4.74 Å². The number of benzene rings is 1. The summed E-state index contributed by atoms with van der Waals surface area (Å²) in [7, 11) is 3.79. The number of ether oxygens (including phenoxy) is 1. The van der Waals surface area contributed by atoms with Crippen molar-refractivity contribution in [3.8, 4) is 5.75 Å². The second kappa shape index (κ2) is 9.22. The molecule has 0 aliphatic heterocycles. The van der Waals surface area contributed by atoms with E-state index in [1.807, 2.05) is 12.1 Å². The summed E-state index contributed by atoms with van der Waals surface area (Å²) in [5.74, 6) is 0.736. The molecule has 1 aromatic rings. The fraction of sp³-hybridized carbons (Fsp3) is 0.625. The first kappa shape index (κ1) is 17.3. The second-order valence-electron chi connectivity index (χ2n) is 5.09. The van der Waals surface area contributed by atoms with Crippen molar-refractivity contribution in [3.63, 3.8) is 0 Å². The Balaban J connectivity index is 2.38. The fourth-order valence-corrected chi connectivity index (χ4v) is 2.58. The first-order valence-electron chi connectivity index (χ1n) is 7.34. The maximum atomic E-state index is 6.15. The molecule has 1 aromatic carbocycles. The predicted molar refractivity (Wildman–Crippen MR) is 86.7 cm³/mol. The van der Waals surface area contributed by atoms with Crippen molar-refractivity contribution in [2.24, 2.45) is 0 Å². The molecule has 0 aromatic heterocycles. The number of halogens is 1. The van der Waals surface area contributed by atoms with Gasteiger partial charge in [-0.15, -0.1) is 0 Å². The van der Waals surface area contributed by atoms with Crippen LogP contribution in [0, 0.1) is 0 Å². The minimum absolute atomic E-state index is 0.682. The summed E-state index contributed by atoms with van der Waals surface area (Å²) in [5, 5.41) is 0.682. The third kappa shape index (κ3) is 5.70. The summed E-state index contributed by atoms with van der Waals surface area (Å²) in [4.78, 5) is 4.79. The maximum Gasteiger partial charge on any atom is 0.137 e. The van der Waals surface area contributed by atoms with Crippen molar-refractivity contribution in [2.75, 3.05) is 40.3 Å². The van der Waals surface area contributed by atoms with Gasteiger partial charge in [0.05, 0.1) is 12.1 Å². The Bertz CT molecular complexity index is 394. The van der Waals surface area contributed by atoms with E-state index in [9.17, 15) is 0 Å². The third-order valence-electron chi connectivity index (χ3n) is 3.58. The molecule has 0 unspecified atom stereocenters. The number of hydrogen-bond acceptors (Lipinski definition) is 3. The monoisotopic (exact) mass is 298 g/mol. The molecule has 0 saturated carbocycles. The first-order chi connectivity index (χ1) is 9.60. The smallest absolute Gasteiger partial charge is 0.137 e. The van der Waals surface area contributed by atoms with Gasteiger partial charge < -0.3 is 14.5 Å². The Hall–Kier alpha value is -0.770. The summed E-state index contributed by atoms with van der Waals surface area (Å²) in [6.45, 7) is 9.88. The van der Waals surface area contributed by atoms with E-state index in [-0.39, 0.29) is 0 Å². The Kier molecular flexibility index (Phi) is 7.97. The van der Waals surface area contributed by atoms with E-state index in [0.29, 0.717) is 5.02 Å². The van der Waals surface area contributed by atoms with Crippen LogP contribution in [0.1, 0.15) is 25.8 Å². The lowest BCUT2D eigenvalue weighted by Gasteiger charge is -2.21. The molecule has 0 heterocycles. The highest BCUT2D eigenvalue weighted by Gasteiger charge is 2.05. The van der Waals surface area contributed by atoms with Gasteiger partial charge in [-0.05, 0) is 57.3 Å². The van der Waals surface area contributed by atoms with Crippen LogP contribution in [0.25, 0.3) is 0 Å². The van der Waals surface area contributed by atoms with Gasteiger partial charge in [-0.3, -0.25) is 0 Å². The lowest BCUT2D eigenvalue weighted by molar-refractivity contribution is 0.259. The zero-order chi connectivity index (χ0) is 15.0. The van der Waals surface area contributed by atoms with Crippen molar-refractivity contribution in [2.45, 2.75) is 26.8 Å². The first-order valence-corrected chi connectivity index (χ1v) is 7.71. The maximum absolute atomic E-state index is 6.15. The Morgan fingerprint density at radius 3 is 2.40 bits per heavy atom. The molecule has 0 fully saturated rings. The van der Waals surface area contributed by atoms with Crippen LogP contribution in [0.15, 0.2) is 18.2 Å². The molecular formula is C16H27ClN2O. The Morgan fingerprint density at radius 1 is 1.15 bits per heavy atom. The third-order valence-corrected chi connectivity index (χ3v) is 3.87. The molecule has 0 aliphatic rings. The Morgan fingerprint density at radius 2 is 1.85 bits per heavy atom. The summed E-state index contributed by atoms with van der Waals surface area (Å²) in [6.07, 6.45) is 1.20. The molecule has 0 saturated heterocycles. The van der Waals surface area contributed by atoms with E-state index >= 15 is 0 Å². The number of rotatable bonds is 9. The quantitative estimate of drug-likeness (QED) is 0.694. The molecule has 0 atom stereocenters. The molecule has 0 amide bonds. The average Bonchev–Trinajstić information content (AvgIpc) is 2.44. The molecule has 1 rings (SSSR count). The number of methoxy groups -OCH3 is 1. The number of hydrogen-bond donors (Lipinski definition) is 0. The average molecular weight is 299 g/mol. The Labute approximate surface area is 128 Å². The van der Waals surface area contributed by atoms with Crippen LogP contribution in [0.5, 0.6) is 5.75 Å². The van der Waals surface area contributed by atoms with Crippen molar-refractivity contribution in [1.29, 1.82) is 0 Å². The van der Waals surface area contributed by atoms with Gasteiger partial charge in [0.25, 0.3) is 0 Å². The lowest BCUT2D eigenvalue weighted by atomic mass is 10.2. The van der Waals surface area contributed by atoms with Crippen LogP contribution >= 0.6 is 11.6 Å². The topological polar surface area (TPSA) is 15.7 Å². The molecule has 114 valence electrons. The van der Waals surface area contributed by atoms with Crippen LogP contribution in [0.2, 0.25) is 5.02 Å². The summed E-state index contributed by atoms with van der Waals surface area (Å²) in [6, 6.07) is 5.99. The fourth-order valence-electron chi connectivity index (χ4n) is 2.30. The lowest BCUT2D eigenvalue weighted by Crippen LogP contribution is -2.28. The second-order valence-corrected chi connectivity index (χ2v) is 5.49. The minimum Gasteiger partial charge on any atom is -0.495 e. The van der Waals surface area contributed by atoms with E-state index in [2.05, 4.69) is 36.8 Å². The molecule has 4 heteroatoms. The van der Waals surface area contributed by atoms with Gasteiger partial charge in [0.15, 0.2) is 0 Å². The zero-order valence-electron chi connectivity index (χ0n) is 13.2. The largest absolute Gasteiger partial charge is 0.495 e. The van der Waals surface area contributed by atoms with Crippen LogP contribution in [0.3, 0.4) is 0 Å². The van der Waals surface area contributed by atoms with E-state index in [0.717, 1.165) is 31.9 Å². The van der Waals surface area contributed by atoms with E-state index in [4.69, 9.17) is 16.3 Å². The van der Waals surface area contributed by atoms with E-state index < -0.39 is 0 Å². The van der Waals surface area contributed by atoms with Gasteiger partial charge in [0.2, 0.25) is 0 Å². The SMILES string of the molecule is CCN(CC)CCCN(C)Cc1ccc(OC)c(Cl)c1. The molecule has 20 heavy (non-hydrogen) atoms. The molecule has 3 nitrogen and oxygen atoms in total. The molecule has 0 spiro atoms. The van der Waals surface area contributed by atoms with Crippen LogP contribution in [-0.4, -0.2) is 50.1 Å². The highest BCUT2D eigenvalue weighted by Crippen LogP contribution is 2.25. The standard InChI is InChI=1S/C16H27ClN2O/c1-5-19(6-2)11-7-10-18(3)13-14-8-9-16(20-4)15(17)12-14/h8-9,12H,5-7,10-11,13H2,1-4H3. The summed E-state index contributed by atoms with van der Waals surface area (Å²) < 4.78 is 5.17. The van der Waals surface area contributed by atoms with Crippen molar-refractivity contribution >= 4 is 11.6 Å². The highest BCUT2D eigenvalue weighted by atomic mass is 35.5. The van der Waals surface area contributed by atoms with Crippen molar-refractivity contribution in [3.05, 3.63) is 28.8 Å². The normalized spacial score (nSPS) is 11.3. The molecule has 0 N–H and O–H groups in total. The van der Waals surface area contributed by atoms with Crippen molar-refractivity contribution in [1.82, 2.24) is 9.80 Å². The predicted octanol–water partition coefficient (Wildman–Crippen LogP) is 3.51. The minimum atomic E-state index is 0.682. The summed E-state index contributed by atoms with van der Waals surface area (Å²) >= 11 is 6.15. The van der Waals surface area contributed by atoms with Gasteiger partial charge >= 0.3 is 0 Å². The van der Waals surface area contributed by atoms with Crippen molar-refractivity contribution < 1.29 is 4.74 Å². The van der Waals surface area contributed by atoms with Crippen LogP contribution in [-0.2, 0) is 6.54 Å². The van der Waals surface area contributed by atoms with Gasteiger partial charge in [0.1, 0.15) is 5.75 Å². The molecule has 0 aliphatic carbocycles. The molecular weight excluding hydrogens is 272 g/mol.